The molecule has 3 aromatic rings. The highest BCUT2D eigenvalue weighted by Crippen LogP contribution is 2.24. The molecule has 0 unspecified atom stereocenters. The average molecular weight is 314 g/mol. The molecule has 0 saturated carbocycles. The third-order valence-corrected chi connectivity index (χ3v) is 3.12. The Balaban J connectivity index is 1.70. The van der Waals surface area contributed by atoms with Crippen LogP contribution in [0.4, 0.5) is 10.1 Å². The third kappa shape index (κ3) is 3.34. The minimum absolute atomic E-state index is 0.0332. The summed E-state index contributed by atoms with van der Waals surface area (Å²) in [7, 11) is 0. The van der Waals surface area contributed by atoms with Crippen LogP contribution in [0.25, 0.3) is 11.3 Å². The van der Waals surface area contributed by atoms with Crippen molar-refractivity contribution in [3.8, 4) is 17.0 Å². The number of nitro benzene ring substituents is 1. The maximum absolute atomic E-state index is 13.7. The number of benzene rings is 2. The van der Waals surface area contributed by atoms with Gasteiger partial charge in [-0.25, -0.2) is 4.39 Å². The molecule has 0 spiro atoms. The first kappa shape index (κ1) is 14.7. The number of halogens is 1. The summed E-state index contributed by atoms with van der Waals surface area (Å²) < 4.78 is 24.1. The molecule has 23 heavy (non-hydrogen) atoms. The largest absolute Gasteiger partial charge is 0.482 e. The average Bonchev–Trinajstić information content (AvgIpc) is 3.03. The number of aromatic nitrogens is 1. The summed E-state index contributed by atoms with van der Waals surface area (Å²) in [6, 6.07) is 14.3. The molecule has 0 aliphatic rings. The molecule has 0 saturated heterocycles. The van der Waals surface area contributed by atoms with Gasteiger partial charge in [-0.15, -0.1) is 0 Å². The van der Waals surface area contributed by atoms with E-state index in [1.54, 1.807) is 6.07 Å². The second-order valence-corrected chi connectivity index (χ2v) is 4.71. The number of rotatable bonds is 5. The van der Waals surface area contributed by atoms with Gasteiger partial charge < -0.3 is 9.26 Å². The zero-order valence-electron chi connectivity index (χ0n) is 11.8. The van der Waals surface area contributed by atoms with Crippen molar-refractivity contribution in [3.63, 3.8) is 0 Å². The van der Waals surface area contributed by atoms with E-state index in [0.717, 1.165) is 11.6 Å². The Kier molecular flexibility index (Phi) is 4.01. The lowest BCUT2D eigenvalue weighted by Gasteiger charge is -2.04. The zero-order chi connectivity index (χ0) is 16.2. The molecule has 0 radical (unpaired) electrons. The molecule has 1 heterocycles. The third-order valence-electron chi connectivity index (χ3n) is 3.12. The molecule has 116 valence electrons. The smallest absolute Gasteiger partial charge is 0.272 e. The van der Waals surface area contributed by atoms with E-state index < -0.39 is 10.7 Å². The lowest BCUT2D eigenvalue weighted by molar-refractivity contribution is -0.385. The van der Waals surface area contributed by atoms with Crippen molar-refractivity contribution in [2.45, 2.75) is 6.61 Å². The van der Waals surface area contributed by atoms with Crippen LogP contribution in [0.3, 0.4) is 0 Å². The van der Waals surface area contributed by atoms with Crippen LogP contribution in [0.5, 0.6) is 5.75 Å². The molecule has 1 aromatic heterocycles. The molecule has 3 rings (SSSR count). The standard InChI is InChI=1S/C16H11FN2O4/c17-14-8-12(19(20)21)6-7-16(14)22-10-13-9-15(18-23-13)11-4-2-1-3-5-11/h1-9H,10H2. The van der Waals surface area contributed by atoms with E-state index in [1.807, 2.05) is 30.3 Å². The number of nitro groups is 1. The van der Waals surface area contributed by atoms with Crippen LogP contribution in [-0.2, 0) is 6.61 Å². The maximum Gasteiger partial charge on any atom is 0.272 e. The molecule has 2 aromatic carbocycles. The number of non-ortho nitro benzene ring substituents is 1. The number of ether oxygens (including phenoxy) is 1. The Morgan fingerprint density at radius 3 is 2.65 bits per heavy atom. The van der Waals surface area contributed by atoms with Crippen LogP contribution in [0.1, 0.15) is 5.76 Å². The Hall–Kier alpha value is -3.22. The molecular weight excluding hydrogens is 303 g/mol. The fourth-order valence-electron chi connectivity index (χ4n) is 2.00. The van der Waals surface area contributed by atoms with Crippen molar-refractivity contribution in [2.75, 3.05) is 0 Å². The van der Waals surface area contributed by atoms with Gasteiger partial charge in [0, 0.05) is 17.7 Å². The topological polar surface area (TPSA) is 78.4 Å². The molecule has 7 heteroatoms. The Morgan fingerprint density at radius 1 is 1.17 bits per heavy atom. The second-order valence-electron chi connectivity index (χ2n) is 4.71. The van der Waals surface area contributed by atoms with E-state index >= 15 is 0 Å². The van der Waals surface area contributed by atoms with Crippen LogP contribution < -0.4 is 4.74 Å². The molecule has 0 atom stereocenters. The highest BCUT2D eigenvalue weighted by atomic mass is 19.1. The second kappa shape index (κ2) is 6.27. The molecule has 6 nitrogen and oxygen atoms in total. The van der Waals surface area contributed by atoms with E-state index in [4.69, 9.17) is 9.26 Å². The molecule has 0 amide bonds. The summed E-state index contributed by atoms with van der Waals surface area (Å²) in [4.78, 5) is 9.88. The van der Waals surface area contributed by atoms with Crippen LogP contribution >= 0.6 is 0 Å². The Labute approximate surface area is 130 Å². The van der Waals surface area contributed by atoms with Crippen molar-refractivity contribution in [2.24, 2.45) is 0 Å². The van der Waals surface area contributed by atoms with Crippen LogP contribution in [-0.4, -0.2) is 10.1 Å². The normalized spacial score (nSPS) is 10.5. The van der Waals surface area contributed by atoms with Gasteiger partial charge in [-0.05, 0) is 6.07 Å². The highest BCUT2D eigenvalue weighted by Gasteiger charge is 2.13. The van der Waals surface area contributed by atoms with E-state index in [1.165, 1.54) is 12.1 Å². The molecule has 0 aliphatic carbocycles. The quantitative estimate of drug-likeness (QED) is 0.526. The Bertz CT molecular complexity index is 833. The molecular formula is C16H11FN2O4. The lowest BCUT2D eigenvalue weighted by Crippen LogP contribution is -1.97. The molecule has 0 N–H and O–H groups in total. The van der Waals surface area contributed by atoms with Gasteiger partial charge in [0.25, 0.3) is 5.69 Å². The first-order chi connectivity index (χ1) is 11.1. The lowest BCUT2D eigenvalue weighted by atomic mass is 10.1. The van der Waals surface area contributed by atoms with Gasteiger partial charge in [0.15, 0.2) is 17.3 Å². The van der Waals surface area contributed by atoms with Crippen molar-refractivity contribution >= 4 is 5.69 Å². The summed E-state index contributed by atoms with van der Waals surface area (Å²) >= 11 is 0. The van der Waals surface area contributed by atoms with E-state index in [0.29, 0.717) is 11.5 Å². The summed E-state index contributed by atoms with van der Waals surface area (Å²) in [5, 5.41) is 14.5. The highest BCUT2D eigenvalue weighted by molar-refractivity contribution is 5.58. The first-order valence-corrected chi connectivity index (χ1v) is 6.71. The summed E-state index contributed by atoms with van der Waals surface area (Å²) in [6.45, 7) is -0.0332. The van der Waals surface area contributed by atoms with Gasteiger partial charge >= 0.3 is 0 Å². The minimum atomic E-state index is -0.804. The maximum atomic E-state index is 13.7. The fourth-order valence-corrected chi connectivity index (χ4v) is 2.00. The number of nitrogens with zero attached hydrogens (tertiary/aromatic N) is 2. The SMILES string of the molecule is O=[N+]([O-])c1ccc(OCc2cc(-c3ccccc3)no2)c(F)c1. The fraction of sp³-hybridized carbons (Fsp3) is 0.0625. The summed E-state index contributed by atoms with van der Waals surface area (Å²) in [5.74, 6) is -0.475. The van der Waals surface area contributed by atoms with Gasteiger partial charge in [-0.3, -0.25) is 10.1 Å². The predicted molar refractivity (Wildman–Crippen MR) is 79.3 cm³/mol. The van der Waals surface area contributed by atoms with Gasteiger partial charge in [-0.1, -0.05) is 35.5 Å². The molecule has 0 aliphatic heterocycles. The zero-order valence-corrected chi connectivity index (χ0v) is 11.8. The number of hydrogen-bond acceptors (Lipinski definition) is 5. The van der Waals surface area contributed by atoms with Crippen molar-refractivity contribution < 1.29 is 18.6 Å². The Morgan fingerprint density at radius 2 is 1.96 bits per heavy atom. The van der Waals surface area contributed by atoms with Crippen molar-refractivity contribution in [3.05, 3.63) is 76.3 Å². The van der Waals surface area contributed by atoms with Gasteiger partial charge in [0.05, 0.1) is 11.0 Å². The van der Waals surface area contributed by atoms with Gasteiger partial charge in [0.2, 0.25) is 0 Å². The number of hydrogen-bond donors (Lipinski definition) is 0. The van der Waals surface area contributed by atoms with Crippen molar-refractivity contribution in [1.29, 1.82) is 0 Å². The van der Waals surface area contributed by atoms with Crippen molar-refractivity contribution in [1.82, 2.24) is 5.16 Å². The van der Waals surface area contributed by atoms with Crippen LogP contribution in [0.15, 0.2) is 59.1 Å². The van der Waals surface area contributed by atoms with Crippen LogP contribution in [0.2, 0.25) is 0 Å². The van der Waals surface area contributed by atoms with E-state index in [-0.39, 0.29) is 18.0 Å². The van der Waals surface area contributed by atoms with Crippen LogP contribution in [0, 0.1) is 15.9 Å². The van der Waals surface area contributed by atoms with Gasteiger partial charge in [-0.2, -0.15) is 0 Å². The summed E-state index contributed by atoms with van der Waals surface area (Å²) in [5.41, 5.74) is 1.21. The molecule has 0 bridgehead atoms. The predicted octanol–water partition coefficient (Wildman–Crippen LogP) is 3.97. The summed E-state index contributed by atoms with van der Waals surface area (Å²) in [6.07, 6.45) is 0. The molecule has 0 fully saturated rings. The first-order valence-electron chi connectivity index (χ1n) is 6.71. The van der Waals surface area contributed by atoms with E-state index in [2.05, 4.69) is 5.16 Å². The van der Waals surface area contributed by atoms with E-state index in [9.17, 15) is 14.5 Å². The monoisotopic (exact) mass is 314 g/mol. The minimum Gasteiger partial charge on any atom is -0.482 e. The van der Waals surface area contributed by atoms with Gasteiger partial charge in [0.1, 0.15) is 12.3 Å².